The molecule has 0 saturated carbocycles. The Hall–Kier alpha value is -1.14. The third kappa shape index (κ3) is 4.80. The zero-order valence-electron chi connectivity index (χ0n) is 10.3. The summed E-state index contributed by atoms with van der Waals surface area (Å²) in [6.07, 6.45) is -0.841. The summed E-state index contributed by atoms with van der Waals surface area (Å²) in [6.45, 7) is 2.60. The fourth-order valence-electron chi connectivity index (χ4n) is 0.958. The summed E-state index contributed by atoms with van der Waals surface area (Å²) in [5.74, 6) is -0.371. The number of aliphatic hydroxyl groups excluding tert-OH is 1. The van der Waals surface area contributed by atoms with E-state index in [0.717, 1.165) is 11.3 Å². The SMILES string of the molecule is CC(=O)Nc1nnc(S(=O)(=O)NCC(N)C(C)O)s1. The number of nitrogens with zero attached hydrogens (tertiary/aromatic N) is 2. The van der Waals surface area contributed by atoms with Crippen LogP contribution in [0.5, 0.6) is 0 Å². The van der Waals surface area contributed by atoms with E-state index in [0.29, 0.717) is 0 Å². The van der Waals surface area contributed by atoms with Gasteiger partial charge in [0.15, 0.2) is 0 Å². The van der Waals surface area contributed by atoms with Gasteiger partial charge >= 0.3 is 0 Å². The van der Waals surface area contributed by atoms with E-state index in [1.807, 2.05) is 0 Å². The van der Waals surface area contributed by atoms with Crippen LogP contribution in [0.1, 0.15) is 13.8 Å². The molecule has 2 atom stereocenters. The third-order valence-electron chi connectivity index (χ3n) is 2.05. The number of rotatable bonds is 6. The fourth-order valence-corrected chi connectivity index (χ4v) is 3.02. The third-order valence-corrected chi connectivity index (χ3v) is 4.68. The first-order valence-corrected chi connectivity index (χ1v) is 7.56. The van der Waals surface area contributed by atoms with E-state index in [4.69, 9.17) is 10.8 Å². The van der Waals surface area contributed by atoms with Gasteiger partial charge in [0.05, 0.1) is 6.10 Å². The maximum absolute atomic E-state index is 11.8. The normalized spacial score (nSPS) is 14.9. The summed E-state index contributed by atoms with van der Waals surface area (Å²) in [4.78, 5) is 10.8. The van der Waals surface area contributed by atoms with Crippen molar-refractivity contribution in [2.24, 2.45) is 5.73 Å². The predicted molar refractivity (Wildman–Crippen MR) is 69.1 cm³/mol. The molecule has 108 valence electrons. The topological polar surface area (TPSA) is 147 Å². The van der Waals surface area contributed by atoms with E-state index in [1.54, 1.807) is 0 Å². The molecule has 0 aliphatic carbocycles. The van der Waals surface area contributed by atoms with Crippen LogP contribution in [0.3, 0.4) is 0 Å². The maximum Gasteiger partial charge on any atom is 0.269 e. The van der Waals surface area contributed by atoms with Crippen LogP contribution >= 0.6 is 11.3 Å². The van der Waals surface area contributed by atoms with Crippen molar-refractivity contribution in [3.63, 3.8) is 0 Å². The second-order valence-corrected chi connectivity index (χ2v) is 6.73. The molecule has 1 amide bonds. The van der Waals surface area contributed by atoms with Gasteiger partial charge in [-0.05, 0) is 6.92 Å². The molecule has 0 saturated heterocycles. The van der Waals surface area contributed by atoms with Crippen molar-refractivity contribution in [1.29, 1.82) is 0 Å². The van der Waals surface area contributed by atoms with Crippen molar-refractivity contribution in [3.05, 3.63) is 0 Å². The van der Waals surface area contributed by atoms with Gasteiger partial charge in [-0.25, -0.2) is 13.1 Å². The average Bonchev–Trinajstić information content (AvgIpc) is 2.74. The maximum atomic E-state index is 11.8. The van der Waals surface area contributed by atoms with Crippen molar-refractivity contribution in [3.8, 4) is 0 Å². The average molecular weight is 309 g/mol. The van der Waals surface area contributed by atoms with E-state index in [-0.39, 0.29) is 21.9 Å². The van der Waals surface area contributed by atoms with Gasteiger partial charge in [-0.1, -0.05) is 11.3 Å². The van der Waals surface area contributed by atoms with Crippen LogP contribution in [0.4, 0.5) is 5.13 Å². The van der Waals surface area contributed by atoms with Gasteiger partial charge in [-0.2, -0.15) is 0 Å². The molecule has 0 aliphatic rings. The Morgan fingerprint density at radius 3 is 2.68 bits per heavy atom. The van der Waals surface area contributed by atoms with Gasteiger partial charge in [0.2, 0.25) is 15.4 Å². The number of aromatic nitrogens is 2. The number of sulfonamides is 1. The largest absolute Gasteiger partial charge is 0.392 e. The lowest BCUT2D eigenvalue weighted by atomic mass is 10.2. The highest BCUT2D eigenvalue weighted by molar-refractivity contribution is 7.91. The van der Waals surface area contributed by atoms with Gasteiger partial charge in [-0.15, -0.1) is 10.2 Å². The molecule has 0 aliphatic heterocycles. The lowest BCUT2D eigenvalue weighted by molar-refractivity contribution is -0.114. The van der Waals surface area contributed by atoms with Crippen molar-refractivity contribution in [2.75, 3.05) is 11.9 Å². The quantitative estimate of drug-likeness (QED) is 0.467. The van der Waals surface area contributed by atoms with Crippen LogP contribution < -0.4 is 15.8 Å². The lowest BCUT2D eigenvalue weighted by Gasteiger charge is -2.14. The Kier molecular flexibility index (Phi) is 5.31. The van der Waals surface area contributed by atoms with Crippen molar-refractivity contribution >= 4 is 32.4 Å². The lowest BCUT2D eigenvalue weighted by Crippen LogP contribution is -2.43. The molecule has 5 N–H and O–H groups in total. The Morgan fingerprint density at radius 2 is 2.16 bits per heavy atom. The number of carbonyl (C=O) groups is 1. The molecule has 0 aromatic carbocycles. The molecular weight excluding hydrogens is 294 g/mol. The minimum Gasteiger partial charge on any atom is -0.392 e. The van der Waals surface area contributed by atoms with Crippen LogP contribution in [-0.4, -0.2) is 48.3 Å². The summed E-state index contributed by atoms with van der Waals surface area (Å²) in [5, 5.41) is 18.6. The van der Waals surface area contributed by atoms with Gasteiger partial charge in [0.1, 0.15) is 0 Å². The molecule has 9 nitrogen and oxygen atoms in total. The molecule has 0 bridgehead atoms. The predicted octanol–water partition coefficient (Wildman–Crippen LogP) is -1.52. The van der Waals surface area contributed by atoms with Crippen LogP contribution in [-0.2, 0) is 14.8 Å². The van der Waals surface area contributed by atoms with Crippen molar-refractivity contribution in [1.82, 2.24) is 14.9 Å². The van der Waals surface area contributed by atoms with E-state index in [2.05, 4.69) is 20.2 Å². The first kappa shape index (κ1) is 15.9. The summed E-state index contributed by atoms with van der Waals surface area (Å²) in [5.41, 5.74) is 5.51. The number of hydrogen-bond acceptors (Lipinski definition) is 8. The number of aliphatic hydroxyl groups is 1. The number of hydrogen-bond donors (Lipinski definition) is 4. The Bertz CT molecular complexity index is 541. The summed E-state index contributed by atoms with van der Waals surface area (Å²) in [7, 11) is -3.85. The van der Waals surface area contributed by atoms with Crippen LogP contribution in [0, 0.1) is 0 Å². The van der Waals surface area contributed by atoms with Crippen LogP contribution in [0.15, 0.2) is 4.34 Å². The van der Waals surface area contributed by atoms with Gasteiger partial charge < -0.3 is 16.2 Å². The number of anilines is 1. The molecule has 1 rings (SSSR count). The highest BCUT2D eigenvalue weighted by atomic mass is 32.2. The summed E-state index contributed by atoms with van der Waals surface area (Å²) >= 11 is 0.720. The number of carbonyl (C=O) groups excluding carboxylic acids is 1. The number of nitrogens with one attached hydrogen (secondary N) is 2. The van der Waals surface area contributed by atoms with Gasteiger partial charge in [0, 0.05) is 19.5 Å². The molecule has 1 aromatic heterocycles. The first-order chi connectivity index (χ1) is 8.72. The number of amides is 1. The standard InChI is InChI=1S/C8H15N5O4S2/c1-4(14)6(9)3-10-19(16,17)8-13-12-7(18-8)11-5(2)15/h4,6,10,14H,3,9H2,1-2H3,(H,11,12,15). The Balaban J connectivity index is 2.72. The second kappa shape index (κ2) is 6.34. The van der Waals surface area contributed by atoms with Crippen LogP contribution in [0.25, 0.3) is 0 Å². The molecule has 0 fully saturated rings. The molecule has 19 heavy (non-hydrogen) atoms. The van der Waals surface area contributed by atoms with Crippen molar-refractivity contribution < 1.29 is 18.3 Å². The smallest absolute Gasteiger partial charge is 0.269 e. The molecule has 1 aromatic rings. The minimum atomic E-state index is -3.85. The molecule has 11 heteroatoms. The zero-order valence-corrected chi connectivity index (χ0v) is 12.0. The monoisotopic (exact) mass is 309 g/mol. The molecule has 1 heterocycles. The van der Waals surface area contributed by atoms with E-state index >= 15 is 0 Å². The molecule has 0 radical (unpaired) electrons. The van der Waals surface area contributed by atoms with Gasteiger partial charge in [-0.3, -0.25) is 4.79 Å². The second-order valence-electron chi connectivity index (χ2n) is 3.81. The highest BCUT2D eigenvalue weighted by Crippen LogP contribution is 2.19. The minimum absolute atomic E-state index is 0.0905. The fraction of sp³-hybridized carbons (Fsp3) is 0.625. The van der Waals surface area contributed by atoms with E-state index < -0.39 is 22.2 Å². The first-order valence-electron chi connectivity index (χ1n) is 5.27. The van der Waals surface area contributed by atoms with Crippen molar-refractivity contribution in [2.45, 2.75) is 30.3 Å². The Labute approximate surface area is 114 Å². The number of nitrogens with two attached hydrogens (primary N) is 1. The molecule has 2 unspecified atom stereocenters. The van der Waals surface area contributed by atoms with E-state index in [1.165, 1.54) is 13.8 Å². The molecule has 0 spiro atoms. The van der Waals surface area contributed by atoms with Gasteiger partial charge in [0.25, 0.3) is 10.0 Å². The summed E-state index contributed by atoms with van der Waals surface area (Å²) in [6, 6.07) is -0.725. The summed E-state index contributed by atoms with van der Waals surface area (Å²) < 4.78 is 25.5. The zero-order chi connectivity index (χ0) is 14.6. The Morgan fingerprint density at radius 1 is 1.53 bits per heavy atom. The van der Waals surface area contributed by atoms with E-state index in [9.17, 15) is 13.2 Å². The van der Waals surface area contributed by atoms with Crippen LogP contribution in [0.2, 0.25) is 0 Å². The molecular formula is C8H15N5O4S2. The highest BCUT2D eigenvalue weighted by Gasteiger charge is 2.22.